The van der Waals surface area contributed by atoms with E-state index in [0.29, 0.717) is 18.8 Å². The van der Waals surface area contributed by atoms with E-state index in [-0.39, 0.29) is 11.7 Å². The van der Waals surface area contributed by atoms with Gasteiger partial charge in [-0.2, -0.15) is 0 Å². The number of hydrogen-bond acceptors (Lipinski definition) is 1. The van der Waals surface area contributed by atoms with Crippen LogP contribution in [0.2, 0.25) is 0 Å². The van der Waals surface area contributed by atoms with Crippen LogP contribution in [0.15, 0.2) is 48.5 Å². The fourth-order valence-corrected chi connectivity index (χ4v) is 3.97. The van der Waals surface area contributed by atoms with Gasteiger partial charge in [0.05, 0.1) is 0 Å². The van der Waals surface area contributed by atoms with E-state index in [1.165, 1.54) is 12.1 Å². The van der Waals surface area contributed by atoms with E-state index in [4.69, 9.17) is 0 Å². The molecule has 0 spiro atoms. The summed E-state index contributed by atoms with van der Waals surface area (Å²) in [6.45, 7) is 4.00. The maximum atomic E-state index is 13.3. The van der Waals surface area contributed by atoms with E-state index in [1.54, 1.807) is 12.1 Å². The molecule has 1 aliphatic rings. The van der Waals surface area contributed by atoms with Gasteiger partial charge in [-0.1, -0.05) is 25.1 Å². The number of piperidine rings is 1. The third kappa shape index (κ3) is 3.75. The normalized spacial score (nSPS) is 15.4. The van der Waals surface area contributed by atoms with Crippen molar-refractivity contribution in [2.45, 2.75) is 32.6 Å². The van der Waals surface area contributed by atoms with Gasteiger partial charge in [0.2, 0.25) is 5.91 Å². The molecular formula is C23H25FN2O. The predicted octanol–water partition coefficient (Wildman–Crippen LogP) is 5.17. The molecule has 4 rings (SSSR count). The molecule has 3 nitrogen and oxygen atoms in total. The van der Waals surface area contributed by atoms with Gasteiger partial charge >= 0.3 is 0 Å². The van der Waals surface area contributed by atoms with Gasteiger partial charge in [0.25, 0.3) is 0 Å². The smallest absolute Gasteiger partial charge is 0.222 e. The van der Waals surface area contributed by atoms with Crippen molar-refractivity contribution in [2.75, 3.05) is 13.1 Å². The zero-order valence-electron chi connectivity index (χ0n) is 15.7. The number of aryl methyl sites for hydroxylation is 1. The minimum Gasteiger partial charge on any atom is -0.354 e. The van der Waals surface area contributed by atoms with Crippen molar-refractivity contribution in [3.05, 3.63) is 59.9 Å². The summed E-state index contributed by atoms with van der Waals surface area (Å²) in [6, 6.07) is 14.7. The summed E-state index contributed by atoms with van der Waals surface area (Å²) in [5.41, 5.74) is 4.11. The number of aromatic amines is 1. The number of nitrogens with zero attached hydrogens (tertiary/aromatic N) is 1. The van der Waals surface area contributed by atoms with Crippen LogP contribution < -0.4 is 0 Å². The minimum absolute atomic E-state index is 0.234. The van der Waals surface area contributed by atoms with Crippen molar-refractivity contribution in [1.82, 2.24) is 9.88 Å². The Morgan fingerprint density at radius 3 is 2.56 bits per heavy atom. The molecule has 1 aromatic heterocycles. The maximum absolute atomic E-state index is 13.3. The van der Waals surface area contributed by atoms with Crippen LogP contribution in [0.3, 0.4) is 0 Å². The first-order valence-corrected chi connectivity index (χ1v) is 9.75. The van der Waals surface area contributed by atoms with Gasteiger partial charge in [0.1, 0.15) is 5.82 Å². The Morgan fingerprint density at radius 2 is 1.81 bits per heavy atom. The fraction of sp³-hybridized carbons (Fsp3) is 0.348. The third-order valence-electron chi connectivity index (χ3n) is 5.67. The summed E-state index contributed by atoms with van der Waals surface area (Å²) in [5.74, 6) is 0.705. The predicted molar refractivity (Wildman–Crippen MR) is 107 cm³/mol. The second-order valence-electron chi connectivity index (χ2n) is 7.59. The number of benzene rings is 2. The average molecular weight is 364 g/mol. The zero-order chi connectivity index (χ0) is 18.8. The van der Waals surface area contributed by atoms with Gasteiger partial charge < -0.3 is 9.88 Å². The Balaban J connectivity index is 1.59. The second-order valence-corrected chi connectivity index (χ2v) is 7.59. The van der Waals surface area contributed by atoms with Crippen molar-refractivity contribution in [1.29, 1.82) is 0 Å². The number of carbonyl (C=O) groups is 1. The third-order valence-corrected chi connectivity index (χ3v) is 5.67. The molecule has 0 radical (unpaired) electrons. The highest BCUT2D eigenvalue weighted by Crippen LogP contribution is 2.31. The summed E-state index contributed by atoms with van der Waals surface area (Å²) in [6.07, 6.45) is 3.38. The summed E-state index contributed by atoms with van der Waals surface area (Å²) < 4.78 is 13.3. The molecule has 0 saturated carbocycles. The molecule has 1 fully saturated rings. The van der Waals surface area contributed by atoms with Crippen LogP contribution >= 0.6 is 0 Å². The summed E-state index contributed by atoms with van der Waals surface area (Å²) >= 11 is 0. The van der Waals surface area contributed by atoms with Crippen LogP contribution in [0, 0.1) is 11.7 Å². The number of likely N-dealkylation sites (tertiary alicyclic amines) is 1. The van der Waals surface area contributed by atoms with Gasteiger partial charge in [0.15, 0.2) is 0 Å². The standard InChI is InChI=1S/C23H25FN2O/c1-16-12-14-26(15-13-16)22(27)11-10-20-19-4-2-3-5-21(19)25-23(20)17-6-8-18(24)9-7-17/h2-9,16,25H,10-15H2,1H3. The molecule has 0 aliphatic carbocycles. The molecule has 2 heterocycles. The van der Waals surface area contributed by atoms with E-state index in [0.717, 1.165) is 53.7 Å². The number of halogens is 1. The quantitative estimate of drug-likeness (QED) is 0.681. The lowest BCUT2D eigenvalue weighted by molar-refractivity contribution is -0.132. The van der Waals surface area contributed by atoms with Crippen molar-refractivity contribution in [3.63, 3.8) is 0 Å². The number of fused-ring (bicyclic) bond motifs is 1. The van der Waals surface area contributed by atoms with E-state index in [9.17, 15) is 9.18 Å². The van der Waals surface area contributed by atoms with E-state index >= 15 is 0 Å². The first kappa shape index (κ1) is 17.8. The van der Waals surface area contributed by atoms with Gasteiger partial charge in [0, 0.05) is 36.1 Å². The van der Waals surface area contributed by atoms with Gasteiger partial charge in [-0.25, -0.2) is 4.39 Å². The number of carbonyl (C=O) groups excluding carboxylic acids is 1. The first-order chi connectivity index (χ1) is 13.1. The molecule has 27 heavy (non-hydrogen) atoms. The summed E-state index contributed by atoms with van der Waals surface area (Å²) in [7, 11) is 0. The lowest BCUT2D eigenvalue weighted by Crippen LogP contribution is -2.38. The summed E-state index contributed by atoms with van der Waals surface area (Å²) in [4.78, 5) is 18.2. The van der Waals surface area contributed by atoms with Gasteiger partial charge in [-0.15, -0.1) is 0 Å². The van der Waals surface area contributed by atoms with Gasteiger partial charge in [-0.3, -0.25) is 4.79 Å². The first-order valence-electron chi connectivity index (χ1n) is 9.75. The highest BCUT2D eigenvalue weighted by atomic mass is 19.1. The number of nitrogens with one attached hydrogen (secondary N) is 1. The molecular weight excluding hydrogens is 339 g/mol. The molecule has 0 unspecified atom stereocenters. The van der Waals surface area contributed by atoms with Gasteiger partial charge in [-0.05, 0) is 66.6 Å². The molecule has 2 aromatic carbocycles. The van der Waals surface area contributed by atoms with Crippen LogP contribution in [0.4, 0.5) is 4.39 Å². The number of rotatable bonds is 4. The number of para-hydroxylation sites is 1. The van der Waals surface area contributed by atoms with Crippen molar-refractivity contribution in [2.24, 2.45) is 5.92 Å². The minimum atomic E-state index is -0.245. The van der Waals surface area contributed by atoms with E-state index < -0.39 is 0 Å². The Labute approximate surface area is 159 Å². The SMILES string of the molecule is CC1CCN(C(=O)CCc2c(-c3ccc(F)cc3)[nH]c3ccccc23)CC1. The molecule has 1 N–H and O–H groups in total. The summed E-state index contributed by atoms with van der Waals surface area (Å²) in [5, 5.41) is 1.14. The number of H-pyrrole nitrogens is 1. The topological polar surface area (TPSA) is 36.1 Å². The lowest BCUT2D eigenvalue weighted by Gasteiger charge is -2.30. The van der Waals surface area contributed by atoms with Crippen LogP contribution in [0.25, 0.3) is 22.2 Å². The number of hydrogen-bond donors (Lipinski definition) is 1. The highest BCUT2D eigenvalue weighted by molar-refractivity contribution is 5.91. The van der Waals surface area contributed by atoms with Crippen LogP contribution in [0.5, 0.6) is 0 Å². The second kappa shape index (κ2) is 7.55. The number of aromatic nitrogens is 1. The van der Waals surface area contributed by atoms with E-state index in [2.05, 4.69) is 18.0 Å². The maximum Gasteiger partial charge on any atom is 0.222 e. The number of amides is 1. The Kier molecular flexibility index (Phi) is 4.97. The molecule has 0 atom stereocenters. The average Bonchev–Trinajstić information content (AvgIpc) is 3.06. The monoisotopic (exact) mass is 364 g/mol. The van der Waals surface area contributed by atoms with E-state index in [1.807, 2.05) is 23.1 Å². The molecule has 1 saturated heterocycles. The van der Waals surface area contributed by atoms with Crippen molar-refractivity contribution >= 4 is 16.8 Å². The van der Waals surface area contributed by atoms with Crippen LogP contribution in [0.1, 0.15) is 31.7 Å². The van der Waals surface area contributed by atoms with Crippen molar-refractivity contribution < 1.29 is 9.18 Å². The Morgan fingerprint density at radius 1 is 1.11 bits per heavy atom. The molecule has 1 aliphatic heterocycles. The molecule has 3 aromatic rings. The molecule has 140 valence electrons. The van der Waals surface area contributed by atoms with Crippen molar-refractivity contribution in [3.8, 4) is 11.3 Å². The fourth-order valence-electron chi connectivity index (χ4n) is 3.97. The molecule has 0 bridgehead atoms. The Hall–Kier alpha value is -2.62. The Bertz CT molecular complexity index is 937. The molecule has 1 amide bonds. The lowest BCUT2D eigenvalue weighted by atomic mass is 9.98. The molecule has 4 heteroatoms. The van der Waals surface area contributed by atoms with Crippen LogP contribution in [-0.2, 0) is 11.2 Å². The zero-order valence-corrected chi connectivity index (χ0v) is 15.7. The van der Waals surface area contributed by atoms with Crippen LogP contribution in [-0.4, -0.2) is 28.9 Å². The highest BCUT2D eigenvalue weighted by Gasteiger charge is 2.21. The largest absolute Gasteiger partial charge is 0.354 e.